The Morgan fingerprint density at radius 1 is 1.36 bits per heavy atom. The highest BCUT2D eigenvalue weighted by atomic mass is 32.1. The number of thiazole rings is 1. The second-order valence-electron chi connectivity index (χ2n) is 7.40. The summed E-state index contributed by atoms with van der Waals surface area (Å²) in [4.78, 5) is 30.0. The van der Waals surface area contributed by atoms with Crippen LogP contribution < -0.4 is 5.32 Å². The molecule has 4 N–H and O–H groups in total. The third-order valence-corrected chi connectivity index (χ3v) is 5.95. The maximum Gasteiger partial charge on any atom is 0.290 e. The van der Waals surface area contributed by atoms with E-state index in [2.05, 4.69) is 30.6 Å². The van der Waals surface area contributed by atoms with E-state index in [0.717, 1.165) is 23.4 Å². The van der Waals surface area contributed by atoms with E-state index in [1.54, 1.807) is 24.0 Å². The quantitative estimate of drug-likeness (QED) is 0.315. The Hall–Kier alpha value is -3.90. The van der Waals surface area contributed by atoms with E-state index < -0.39 is 0 Å². The van der Waals surface area contributed by atoms with Gasteiger partial charge in [0.1, 0.15) is 16.4 Å². The van der Waals surface area contributed by atoms with Crippen LogP contribution in [-0.4, -0.2) is 58.6 Å². The molecule has 4 aromatic heterocycles. The van der Waals surface area contributed by atoms with Crippen molar-refractivity contribution in [2.45, 2.75) is 25.5 Å². The summed E-state index contributed by atoms with van der Waals surface area (Å²) >= 11 is 1.38. The van der Waals surface area contributed by atoms with Crippen LogP contribution >= 0.6 is 11.3 Å². The van der Waals surface area contributed by atoms with Crippen LogP contribution in [0, 0.1) is 5.92 Å². The second kappa shape index (κ2) is 10.1. The fourth-order valence-corrected chi connectivity index (χ4v) is 4.26. The number of amides is 1. The molecule has 0 spiro atoms. The third-order valence-electron chi connectivity index (χ3n) is 5.06. The van der Waals surface area contributed by atoms with Gasteiger partial charge in [0, 0.05) is 36.1 Å². The number of hydrogen-bond donors (Lipinski definition) is 4. The van der Waals surface area contributed by atoms with E-state index in [9.17, 15) is 9.90 Å². The van der Waals surface area contributed by atoms with E-state index in [0.29, 0.717) is 35.2 Å². The fourth-order valence-electron chi connectivity index (χ4n) is 3.48. The minimum absolute atomic E-state index is 0.214. The van der Waals surface area contributed by atoms with Gasteiger partial charge in [0.15, 0.2) is 0 Å². The third kappa shape index (κ3) is 5.30. The van der Waals surface area contributed by atoms with Crippen LogP contribution in [0.3, 0.4) is 0 Å². The van der Waals surface area contributed by atoms with E-state index >= 15 is 0 Å². The number of pyridine rings is 1. The summed E-state index contributed by atoms with van der Waals surface area (Å²) in [5.74, 6) is 0.0767. The molecular formula is C21H21N7O4S. The Kier molecular flexibility index (Phi) is 6.86. The van der Waals surface area contributed by atoms with E-state index in [-0.39, 0.29) is 18.5 Å². The van der Waals surface area contributed by atoms with Crippen molar-refractivity contribution in [3.8, 4) is 22.0 Å². The Morgan fingerprint density at radius 3 is 2.85 bits per heavy atom. The van der Waals surface area contributed by atoms with Crippen molar-refractivity contribution in [2.75, 3.05) is 5.32 Å². The van der Waals surface area contributed by atoms with E-state index in [1.165, 1.54) is 11.3 Å². The summed E-state index contributed by atoms with van der Waals surface area (Å²) < 4.78 is 1.81. The van der Waals surface area contributed by atoms with Gasteiger partial charge < -0.3 is 15.5 Å². The molecule has 0 atom stereocenters. The standard InChI is InChI=1S/C20H19N7O2S.CH2O2/c28-14-5-12(6-14)9-27-10-16(18(26-27)15-3-1-2-4-21-15)24-19(29)17-11-30-20(25-17)13-7-22-23-8-13;2-1-3/h1-4,7-8,10-12,14,28H,5-6,9H2,(H,22,23)(H,24,29);1H,(H,2,3). The number of rotatable bonds is 6. The zero-order valence-corrected chi connectivity index (χ0v) is 18.1. The average molecular weight is 468 g/mol. The highest BCUT2D eigenvalue weighted by Gasteiger charge is 2.28. The van der Waals surface area contributed by atoms with Crippen molar-refractivity contribution >= 4 is 29.4 Å². The lowest BCUT2D eigenvalue weighted by atomic mass is 9.82. The van der Waals surface area contributed by atoms with Crippen LogP contribution in [0.15, 0.2) is 48.4 Å². The fraction of sp³-hybridized carbons (Fsp3) is 0.238. The molecule has 0 saturated heterocycles. The summed E-state index contributed by atoms with van der Waals surface area (Å²) in [7, 11) is 0. The first-order valence-corrected chi connectivity index (χ1v) is 11.0. The monoisotopic (exact) mass is 467 g/mol. The van der Waals surface area contributed by atoms with Gasteiger partial charge in [-0.3, -0.25) is 24.4 Å². The van der Waals surface area contributed by atoms with E-state index in [1.807, 2.05) is 29.1 Å². The Labute approximate surface area is 192 Å². The normalized spacial score (nSPS) is 16.9. The number of anilines is 1. The zero-order chi connectivity index (χ0) is 23.2. The largest absolute Gasteiger partial charge is 0.483 e. The number of nitrogens with zero attached hydrogens (tertiary/aromatic N) is 5. The molecule has 1 aliphatic rings. The molecule has 1 saturated carbocycles. The lowest BCUT2D eigenvalue weighted by molar-refractivity contribution is -0.122. The first-order valence-electron chi connectivity index (χ1n) is 10.1. The summed E-state index contributed by atoms with van der Waals surface area (Å²) in [6.45, 7) is 0.439. The Bertz CT molecular complexity index is 1200. The van der Waals surface area contributed by atoms with Gasteiger partial charge in [-0.05, 0) is 30.9 Å². The van der Waals surface area contributed by atoms with Gasteiger partial charge in [-0.2, -0.15) is 10.2 Å². The molecule has 0 radical (unpaired) electrons. The smallest absolute Gasteiger partial charge is 0.290 e. The molecule has 12 heteroatoms. The predicted octanol–water partition coefficient (Wildman–Crippen LogP) is 2.52. The molecule has 5 rings (SSSR count). The van der Waals surface area contributed by atoms with Crippen molar-refractivity contribution < 1.29 is 19.8 Å². The van der Waals surface area contributed by atoms with Crippen LogP contribution in [0.5, 0.6) is 0 Å². The van der Waals surface area contributed by atoms with Gasteiger partial charge >= 0.3 is 0 Å². The first kappa shape index (κ1) is 22.3. The summed E-state index contributed by atoms with van der Waals surface area (Å²) in [6.07, 6.45) is 8.25. The number of aliphatic hydroxyl groups excluding tert-OH is 1. The van der Waals surface area contributed by atoms with Crippen molar-refractivity contribution in [1.29, 1.82) is 0 Å². The number of aliphatic hydroxyl groups is 1. The Balaban J connectivity index is 0.000000821. The van der Waals surface area contributed by atoms with Crippen molar-refractivity contribution in [3.05, 3.63) is 54.1 Å². The molecule has 0 aromatic carbocycles. The Morgan fingerprint density at radius 2 is 2.18 bits per heavy atom. The molecule has 33 heavy (non-hydrogen) atoms. The summed E-state index contributed by atoms with van der Waals surface area (Å²) in [6, 6.07) is 5.57. The number of nitrogens with one attached hydrogen (secondary N) is 2. The molecule has 0 bridgehead atoms. The molecular weight excluding hydrogens is 446 g/mol. The van der Waals surface area contributed by atoms with Crippen LogP contribution in [0.2, 0.25) is 0 Å². The lowest BCUT2D eigenvalue weighted by Crippen LogP contribution is -2.31. The van der Waals surface area contributed by atoms with Gasteiger partial charge in [0.05, 0.1) is 23.7 Å². The summed E-state index contributed by atoms with van der Waals surface area (Å²) in [5, 5.41) is 33.1. The number of carbonyl (C=O) groups is 2. The molecule has 1 amide bonds. The molecule has 0 unspecified atom stereocenters. The highest BCUT2D eigenvalue weighted by Crippen LogP contribution is 2.31. The molecule has 170 valence electrons. The van der Waals surface area contributed by atoms with Crippen LogP contribution in [0.25, 0.3) is 22.0 Å². The molecule has 1 fully saturated rings. The number of hydrogen-bond acceptors (Lipinski definition) is 8. The lowest BCUT2D eigenvalue weighted by Gasteiger charge is -2.31. The van der Waals surface area contributed by atoms with Crippen molar-refractivity contribution in [3.63, 3.8) is 0 Å². The van der Waals surface area contributed by atoms with Crippen LogP contribution in [-0.2, 0) is 11.3 Å². The first-order chi connectivity index (χ1) is 16.1. The maximum absolute atomic E-state index is 12.8. The van der Waals surface area contributed by atoms with Crippen LogP contribution in [0.1, 0.15) is 23.3 Å². The number of carbonyl (C=O) groups excluding carboxylic acids is 1. The predicted molar refractivity (Wildman–Crippen MR) is 121 cm³/mol. The second-order valence-corrected chi connectivity index (χ2v) is 8.26. The number of aromatic nitrogens is 6. The van der Waals surface area contributed by atoms with Crippen molar-refractivity contribution in [1.82, 2.24) is 29.9 Å². The number of carboxylic acid groups (broad SMARTS) is 1. The number of aromatic amines is 1. The average Bonchev–Trinajstić information content (AvgIpc) is 3.54. The highest BCUT2D eigenvalue weighted by molar-refractivity contribution is 7.13. The van der Waals surface area contributed by atoms with Gasteiger partial charge in [-0.25, -0.2) is 4.98 Å². The summed E-state index contributed by atoms with van der Waals surface area (Å²) in [5.41, 5.74) is 3.03. The SMILES string of the molecule is O=C(Nc1cn(CC2CC(O)C2)nc1-c1ccccn1)c1csc(-c2cn[nH]c2)n1.O=CO. The van der Waals surface area contributed by atoms with Crippen LogP contribution in [0.4, 0.5) is 5.69 Å². The van der Waals surface area contributed by atoms with Gasteiger partial charge in [-0.15, -0.1) is 11.3 Å². The van der Waals surface area contributed by atoms with Gasteiger partial charge in [-0.1, -0.05) is 6.07 Å². The number of H-pyrrole nitrogens is 1. The maximum atomic E-state index is 12.8. The van der Waals surface area contributed by atoms with Gasteiger partial charge in [0.2, 0.25) is 0 Å². The van der Waals surface area contributed by atoms with Crippen molar-refractivity contribution in [2.24, 2.45) is 5.92 Å². The van der Waals surface area contributed by atoms with E-state index in [4.69, 9.17) is 9.90 Å². The molecule has 11 nitrogen and oxygen atoms in total. The zero-order valence-electron chi connectivity index (χ0n) is 17.3. The minimum atomic E-state index is -0.309. The minimum Gasteiger partial charge on any atom is -0.483 e. The van der Waals surface area contributed by atoms with Gasteiger partial charge in [0.25, 0.3) is 12.4 Å². The molecule has 4 heterocycles. The molecule has 1 aliphatic carbocycles. The molecule has 4 aromatic rings. The molecule has 0 aliphatic heterocycles. The topological polar surface area (TPSA) is 159 Å².